The Morgan fingerprint density at radius 3 is 2.35 bits per heavy atom. The van der Waals surface area contributed by atoms with Crippen LogP contribution in [0.5, 0.6) is 0 Å². The molecule has 0 saturated carbocycles. The van der Waals surface area contributed by atoms with Crippen LogP contribution >= 0.6 is 0 Å². The zero-order valence-corrected chi connectivity index (χ0v) is 9.55. The summed E-state index contributed by atoms with van der Waals surface area (Å²) in [5.74, 6) is 0.0146. The van der Waals surface area contributed by atoms with E-state index in [4.69, 9.17) is 0 Å². The quantitative estimate of drug-likeness (QED) is 0.876. The van der Waals surface area contributed by atoms with Crippen molar-refractivity contribution in [1.82, 2.24) is 9.97 Å². The molecule has 0 saturated heterocycles. The molecule has 0 bridgehead atoms. The van der Waals surface area contributed by atoms with E-state index in [1.807, 2.05) is 31.2 Å². The predicted molar refractivity (Wildman–Crippen MR) is 66.4 cm³/mol. The first-order valence-electron chi connectivity index (χ1n) is 5.45. The third-order valence-electron chi connectivity index (χ3n) is 2.38. The Bertz CT molecular complexity index is 494. The minimum absolute atomic E-state index is 0.0146. The molecule has 1 amide bonds. The van der Waals surface area contributed by atoms with Crippen molar-refractivity contribution in [3.8, 4) is 11.1 Å². The highest BCUT2D eigenvalue weighted by Gasteiger charge is 2.00. The first-order valence-corrected chi connectivity index (χ1v) is 5.45. The minimum atomic E-state index is 0.0146. The predicted octanol–water partition coefficient (Wildman–Crippen LogP) is 2.49. The van der Waals surface area contributed by atoms with E-state index in [1.165, 1.54) is 6.33 Å². The third kappa shape index (κ3) is 2.87. The summed E-state index contributed by atoms with van der Waals surface area (Å²) in [7, 11) is 0. The van der Waals surface area contributed by atoms with Crippen molar-refractivity contribution in [2.45, 2.75) is 13.3 Å². The summed E-state index contributed by atoms with van der Waals surface area (Å²) in [4.78, 5) is 19.1. The van der Waals surface area contributed by atoms with E-state index in [9.17, 15) is 4.79 Å². The molecule has 0 atom stereocenters. The molecular formula is C13H13N3O. The largest absolute Gasteiger partial charge is 0.326 e. The van der Waals surface area contributed by atoms with Gasteiger partial charge in [0.25, 0.3) is 0 Å². The molecule has 0 aliphatic heterocycles. The number of hydrogen-bond acceptors (Lipinski definition) is 3. The Labute approximate surface area is 99.7 Å². The minimum Gasteiger partial charge on any atom is -0.326 e. The molecule has 2 rings (SSSR count). The number of amides is 1. The van der Waals surface area contributed by atoms with Gasteiger partial charge in [-0.25, -0.2) is 9.97 Å². The van der Waals surface area contributed by atoms with Crippen molar-refractivity contribution >= 4 is 11.6 Å². The Balaban J connectivity index is 2.16. The summed E-state index contributed by atoms with van der Waals surface area (Å²) in [5.41, 5.74) is 2.79. The van der Waals surface area contributed by atoms with Gasteiger partial charge in [-0.1, -0.05) is 19.1 Å². The monoisotopic (exact) mass is 227 g/mol. The van der Waals surface area contributed by atoms with Gasteiger partial charge < -0.3 is 5.32 Å². The van der Waals surface area contributed by atoms with Crippen LogP contribution in [-0.2, 0) is 4.79 Å². The van der Waals surface area contributed by atoms with Crippen LogP contribution in [0.25, 0.3) is 11.1 Å². The lowest BCUT2D eigenvalue weighted by atomic mass is 10.1. The molecule has 1 heterocycles. The Morgan fingerprint density at radius 2 is 1.76 bits per heavy atom. The van der Waals surface area contributed by atoms with Crippen molar-refractivity contribution < 1.29 is 4.79 Å². The summed E-state index contributed by atoms with van der Waals surface area (Å²) in [6.45, 7) is 1.82. The normalized spacial score (nSPS) is 9.94. The third-order valence-corrected chi connectivity index (χ3v) is 2.38. The van der Waals surface area contributed by atoms with Crippen molar-refractivity contribution in [3.63, 3.8) is 0 Å². The number of aromatic nitrogens is 2. The average Bonchev–Trinajstić information content (AvgIpc) is 2.40. The summed E-state index contributed by atoms with van der Waals surface area (Å²) < 4.78 is 0. The molecule has 1 aromatic heterocycles. The van der Waals surface area contributed by atoms with Gasteiger partial charge in [0.15, 0.2) is 0 Å². The number of carbonyl (C=O) groups excluding carboxylic acids is 1. The van der Waals surface area contributed by atoms with Crippen LogP contribution in [0.3, 0.4) is 0 Å². The zero-order chi connectivity index (χ0) is 12.1. The Morgan fingerprint density at radius 1 is 1.12 bits per heavy atom. The first-order chi connectivity index (χ1) is 8.29. The van der Waals surface area contributed by atoms with E-state index in [1.54, 1.807) is 12.4 Å². The van der Waals surface area contributed by atoms with E-state index in [-0.39, 0.29) is 5.91 Å². The van der Waals surface area contributed by atoms with Crippen LogP contribution in [0.2, 0.25) is 0 Å². The van der Waals surface area contributed by atoms with Crippen LogP contribution in [0, 0.1) is 0 Å². The molecule has 2 aromatic rings. The van der Waals surface area contributed by atoms with Gasteiger partial charge in [-0.15, -0.1) is 0 Å². The van der Waals surface area contributed by atoms with E-state index in [2.05, 4.69) is 15.3 Å². The number of nitrogens with zero attached hydrogens (tertiary/aromatic N) is 2. The fraction of sp³-hybridized carbons (Fsp3) is 0.154. The van der Waals surface area contributed by atoms with Gasteiger partial charge in [0.1, 0.15) is 6.33 Å². The fourth-order valence-electron chi connectivity index (χ4n) is 1.44. The van der Waals surface area contributed by atoms with Gasteiger partial charge in [-0.2, -0.15) is 0 Å². The SMILES string of the molecule is CCC(=O)Nc1ccc(-c2cncnc2)cc1. The fourth-order valence-corrected chi connectivity index (χ4v) is 1.44. The Kier molecular flexibility index (Phi) is 3.45. The molecule has 0 unspecified atom stereocenters. The smallest absolute Gasteiger partial charge is 0.224 e. The van der Waals surface area contributed by atoms with Crippen molar-refractivity contribution in [1.29, 1.82) is 0 Å². The van der Waals surface area contributed by atoms with E-state index >= 15 is 0 Å². The first kappa shape index (κ1) is 11.3. The standard InChI is InChI=1S/C13H13N3O/c1-2-13(17)16-12-5-3-10(4-6-12)11-7-14-9-15-8-11/h3-9H,2H2,1H3,(H,16,17). The van der Waals surface area contributed by atoms with Gasteiger partial charge >= 0.3 is 0 Å². The lowest BCUT2D eigenvalue weighted by molar-refractivity contribution is -0.115. The lowest BCUT2D eigenvalue weighted by Gasteiger charge is -2.05. The molecule has 0 spiro atoms. The molecule has 86 valence electrons. The topological polar surface area (TPSA) is 54.9 Å². The van der Waals surface area contributed by atoms with Crippen LogP contribution in [0.15, 0.2) is 43.0 Å². The molecule has 4 heteroatoms. The second-order valence-electron chi connectivity index (χ2n) is 3.61. The van der Waals surface area contributed by atoms with Crippen molar-refractivity contribution in [2.24, 2.45) is 0 Å². The molecule has 0 fully saturated rings. The number of benzene rings is 1. The lowest BCUT2D eigenvalue weighted by Crippen LogP contribution is -2.08. The van der Waals surface area contributed by atoms with Crippen molar-refractivity contribution in [3.05, 3.63) is 43.0 Å². The number of carbonyl (C=O) groups is 1. The summed E-state index contributed by atoms with van der Waals surface area (Å²) >= 11 is 0. The average molecular weight is 227 g/mol. The van der Waals surface area contributed by atoms with Crippen LogP contribution in [-0.4, -0.2) is 15.9 Å². The second kappa shape index (κ2) is 5.21. The highest BCUT2D eigenvalue weighted by molar-refractivity contribution is 5.90. The molecule has 1 N–H and O–H groups in total. The second-order valence-corrected chi connectivity index (χ2v) is 3.61. The van der Waals surface area contributed by atoms with E-state index in [0.717, 1.165) is 16.8 Å². The molecule has 0 aliphatic carbocycles. The van der Waals surface area contributed by atoms with Gasteiger partial charge in [0.05, 0.1) is 0 Å². The van der Waals surface area contributed by atoms with E-state index < -0.39 is 0 Å². The Hall–Kier alpha value is -2.23. The summed E-state index contributed by atoms with van der Waals surface area (Å²) in [6, 6.07) is 7.61. The maximum Gasteiger partial charge on any atom is 0.224 e. The summed E-state index contributed by atoms with van der Waals surface area (Å²) in [5, 5.41) is 2.80. The highest BCUT2D eigenvalue weighted by atomic mass is 16.1. The van der Waals surface area contributed by atoms with Gasteiger partial charge in [-0.3, -0.25) is 4.79 Å². The van der Waals surface area contributed by atoms with Gasteiger partial charge in [-0.05, 0) is 17.7 Å². The van der Waals surface area contributed by atoms with Crippen LogP contribution in [0.4, 0.5) is 5.69 Å². The van der Waals surface area contributed by atoms with Gasteiger partial charge in [0, 0.05) is 30.1 Å². The molecule has 4 nitrogen and oxygen atoms in total. The molecule has 0 radical (unpaired) electrons. The maximum atomic E-state index is 11.2. The number of nitrogens with one attached hydrogen (secondary N) is 1. The molecule has 1 aromatic carbocycles. The summed E-state index contributed by atoms with van der Waals surface area (Å²) in [6.07, 6.45) is 5.49. The molecule has 17 heavy (non-hydrogen) atoms. The maximum absolute atomic E-state index is 11.2. The highest BCUT2D eigenvalue weighted by Crippen LogP contribution is 2.19. The zero-order valence-electron chi connectivity index (χ0n) is 9.55. The van der Waals surface area contributed by atoms with E-state index in [0.29, 0.717) is 6.42 Å². The van der Waals surface area contributed by atoms with Crippen molar-refractivity contribution in [2.75, 3.05) is 5.32 Å². The number of anilines is 1. The molecule has 0 aliphatic rings. The number of rotatable bonds is 3. The number of hydrogen-bond donors (Lipinski definition) is 1. The van der Waals surface area contributed by atoms with Gasteiger partial charge in [0.2, 0.25) is 5.91 Å². The van der Waals surface area contributed by atoms with Crippen LogP contribution < -0.4 is 5.32 Å². The van der Waals surface area contributed by atoms with Crippen LogP contribution in [0.1, 0.15) is 13.3 Å². The molecular weight excluding hydrogens is 214 g/mol.